The Balaban J connectivity index is 2.67. The third-order valence-electron chi connectivity index (χ3n) is 0.959. The summed E-state index contributed by atoms with van der Waals surface area (Å²) in [6.45, 7) is 0. The van der Waals surface area contributed by atoms with Crippen LogP contribution in [0.1, 0.15) is 4.88 Å². The Morgan fingerprint density at radius 3 is 3.00 bits per heavy atom. The fourth-order valence-corrected chi connectivity index (χ4v) is 1.77. The van der Waals surface area contributed by atoms with Gasteiger partial charge in [-0.1, -0.05) is 33.6 Å². The Bertz CT molecular complexity index is 229. The van der Waals surface area contributed by atoms with Crippen molar-refractivity contribution in [1.82, 2.24) is 0 Å². The number of alkyl halides is 1. The van der Waals surface area contributed by atoms with E-state index in [1.54, 1.807) is 11.3 Å². The smallest absolute Gasteiger partial charge is 0.0519 e. The molecule has 1 rings (SSSR count). The fraction of sp³-hybridized carbons (Fsp3) is 0.143. The van der Waals surface area contributed by atoms with Gasteiger partial charge in [0.25, 0.3) is 0 Å². The van der Waals surface area contributed by atoms with Gasteiger partial charge in [0, 0.05) is 15.6 Å². The van der Waals surface area contributed by atoms with Crippen LogP contribution in [-0.4, -0.2) is 5.33 Å². The van der Waals surface area contributed by atoms with Crippen LogP contribution in [0.3, 0.4) is 0 Å². The summed E-state index contributed by atoms with van der Waals surface area (Å²) >= 11 is 10.7. The highest BCUT2D eigenvalue weighted by atomic mass is 79.9. The van der Waals surface area contributed by atoms with Gasteiger partial charge in [-0.25, -0.2) is 0 Å². The average molecular weight is 238 g/mol. The Hall–Kier alpha value is 0.210. The van der Waals surface area contributed by atoms with Crippen LogP contribution >= 0.6 is 38.9 Å². The molecule has 1 aromatic rings. The molecule has 0 amide bonds. The van der Waals surface area contributed by atoms with Gasteiger partial charge in [-0.2, -0.15) is 0 Å². The van der Waals surface area contributed by atoms with Crippen LogP contribution in [0.15, 0.2) is 17.5 Å². The van der Waals surface area contributed by atoms with Gasteiger partial charge in [0.05, 0.1) is 5.02 Å². The molecule has 0 atom stereocenters. The molecule has 1 aromatic heterocycles. The van der Waals surface area contributed by atoms with Crippen molar-refractivity contribution in [2.24, 2.45) is 0 Å². The Labute approximate surface area is 77.6 Å². The van der Waals surface area contributed by atoms with Crippen LogP contribution in [0.25, 0.3) is 6.08 Å². The molecule has 10 heavy (non-hydrogen) atoms. The molecular weight excluding hydrogens is 232 g/mol. The summed E-state index contributed by atoms with van der Waals surface area (Å²) in [5.41, 5.74) is 0. The molecule has 0 N–H and O–H groups in total. The largest absolute Gasteiger partial charge is 0.143 e. The lowest BCUT2D eigenvalue weighted by Gasteiger charge is -1.78. The van der Waals surface area contributed by atoms with Gasteiger partial charge >= 0.3 is 0 Å². The summed E-state index contributed by atoms with van der Waals surface area (Å²) in [4.78, 5) is 1.20. The van der Waals surface area contributed by atoms with Crippen LogP contribution < -0.4 is 0 Å². The predicted molar refractivity (Wildman–Crippen MR) is 52.2 cm³/mol. The molecule has 0 aliphatic carbocycles. The van der Waals surface area contributed by atoms with E-state index >= 15 is 0 Å². The molecule has 0 unspecified atom stereocenters. The first-order valence-corrected chi connectivity index (χ1v) is 5.17. The van der Waals surface area contributed by atoms with Crippen molar-refractivity contribution in [1.29, 1.82) is 0 Å². The van der Waals surface area contributed by atoms with Crippen molar-refractivity contribution in [3.63, 3.8) is 0 Å². The number of halogens is 2. The molecular formula is C7H6BrClS. The third-order valence-corrected chi connectivity index (χ3v) is 2.58. The highest BCUT2D eigenvalue weighted by Gasteiger charge is 1.90. The summed E-state index contributed by atoms with van der Waals surface area (Å²) in [5, 5.41) is 3.64. The van der Waals surface area contributed by atoms with Crippen LogP contribution in [0.2, 0.25) is 5.02 Å². The maximum absolute atomic E-state index is 5.70. The van der Waals surface area contributed by atoms with Crippen molar-refractivity contribution >= 4 is 44.9 Å². The SMILES string of the molecule is Clc1csc(C=CCBr)c1. The second-order valence-corrected chi connectivity index (χ2v) is 3.75. The lowest BCUT2D eigenvalue weighted by Crippen LogP contribution is -1.58. The van der Waals surface area contributed by atoms with Crippen molar-refractivity contribution in [2.45, 2.75) is 0 Å². The van der Waals surface area contributed by atoms with Crippen LogP contribution in [0.4, 0.5) is 0 Å². The zero-order valence-electron chi connectivity index (χ0n) is 5.18. The Morgan fingerprint density at radius 2 is 2.50 bits per heavy atom. The van der Waals surface area contributed by atoms with Crippen molar-refractivity contribution in [3.8, 4) is 0 Å². The second kappa shape index (κ2) is 4.16. The first-order chi connectivity index (χ1) is 4.83. The van der Waals surface area contributed by atoms with E-state index in [9.17, 15) is 0 Å². The van der Waals surface area contributed by atoms with E-state index in [0.29, 0.717) is 0 Å². The summed E-state index contributed by atoms with van der Waals surface area (Å²) in [6, 6.07) is 1.95. The van der Waals surface area contributed by atoms with E-state index in [1.807, 2.05) is 23.6 Å². The lowest BCUT2D eigenvalue weighted by atomic mass is 10.4. The molecule has 0 bridgehead atoms. The molecule has 1 heterocycles. The maximum atomic E-state index is 5.70. The van der Waals surface area contributed by atoms with Gasteiger partial charge in [-0.05, 0) is 12.1 Å². The summed E-state index contributed by atoms with van der Waals surface area (Å²) < 4.78 is 0. The van der Waals surface area contributed by atoms with E-state index in [0.717, 1.165) is 10.4 Å². The van der Waals surface area contributed by atoms with E-state index < -0.39 is 0 Å². The van der Waals surface area contributed by atoms with E-state index in [4.69, 9.17) is 11.6 Å². The predicted octanol–water partition coefficient (Wildman–Crippen LogP) is 3.81. The molecule has 0 saturated carbocycles. The Kier molecular flexibility index (Phi) is 3.46. The number of thiophene rings is 1. The molecule has 0 saturated heterocycles. The van der Waals surface area contributed by atoms with Gasteiger partial charge < -0.3 is 0 Å². The molecule has 0 spiro atoms. The zero-order valence-corrected chi connectivity index (χ0v) is 8.34. The molecule has 0 aliphatic rings. The minimum Gasteiger partial charge on any atom is -0.143 e. The number of hydrogen-bond donors (Lipinski definition) is 0. The Morgan fingerprint density at radius 1 is 1.70 bits per heavy atom. The minimum absolute atomic E-state index is 0.819. The molecule has 3 heteroatoms. The molecule has 0 aliphatic heterocycles. The van der Waals surface area contributed by atoms with E-state index in [1.165, 1.54) is 4.88 Å². The molecule has 54 valence electrons. The normalized spacial score (nSPS) is 11.0. The van der Waals surface area contributed by atoms with Gasteiger partial charge in [-0.15, -0.1) is 11.3 Å². The van der Waals surface area contributed by atoms with E-state index in [2.05, 4.69) is 15.9 Å². The van der Waals surface area contributed by atoms with Gasteiger partial charge in [-0.3, -0.25) is 0 Å². The highest BCUT2D eigenvalue weighted by molar-refractivity contribution is 9.09. The summed E-state index contributed by atoms with van der Waals surface area (Å²) in [6.07, 6.45) is 4.09. The van der Waals surface area contributed by atoms with Crippen LogP contribution in [-0.2, 0) is 0 Å². The zero-order chi connectivity index (χ0) is 7.40. The quantitative estimate of drug-likeness (QED) is 0.686. The van der Waals surface area contributed by atoms with Crippen LogP contribution in [0.5, 0.6) is 0 Å². The monoisotopic (exact) mass is 236 g/mol. The topological polar surface area (TPSA) is 0 Å². The lowest BCUT2D eigenvalue weighted by molar-refractivity contribution is 1.84. The van der Waals surface area contributed by atoms with Gasteiger partial charge in [0.15, 0.2) is 0 Å². The summed E-state index contributed by atoms with van der Waals surface area (Å²) in [7, 11) is 0. The number of allylic oxidation sites excluding steroid dienone is 1. The van der Waals surface area contributed by atoms with Gasteiger partial charge in [0.1, 0.15) is 0 Å². The third kappa shape index (κ3) is 2.45. The van der Waals surface area contributed by atoms with Crippen molar-refractivity contribution < 1.29 is 0 Å². The standard InChI is InChI=1S/C7H6BrClS/c8-3-1-2-7-4-6(9)5-10-7/h1-2,4-5H,3H2. The highest BCUT2D eigenvalue weighted by Crippen LogP contribution is 2.20. The van der Waals surface area contributed by atoms with Crippen molar-refractivity contribution in [2.75, 3.05) is 5.33 Å². The second-order valence-electron chi connectivity index (χ2n) is 1.72. The number of rotatable bonds is 2. The number of hydrogen-bond acceptors (Lipinski definition) is 1. The first kappa shape index (κ1) is 8.31. The van der Waals surface area contributed by atoms with E-state index in [-0.39, 0.29) is 0 Å². The van der Waals surface area contributed by atoms with Crippen molar-refractivity contribution in [3.05, 3.63) is 27.4 Å². The first-order valence-electron chi connectivity index (χ1n) is 2.79. The molecule has 0 fully saturated rings. The van der Waals surface area contributed by atoms with Crippen LogP contribution in [0, 0.1) is 0 Å². The maximum Gasteiger partial charge on any atom is 0.0519 e. The molecule has 0 aromatic carbocycles. The fourth-order valence-electron chi connectivity index (χ4n) is 0.576. The summed E-state index contributed by atoms with van der Waals surface area (Å²) in [5.74, 6) is 0. The molecule has 0 nitrogen and oxygen atoms in total. The van der Waals surface area contributed by atoms with Gasteiger partial charge in [0.2, 0.25) is 0 Å². The molecule has 0 radical (unpaired) electrons. The average Bonchev–Trinajstić information content (AvgIpc) is 2.31. The minimum atomic E-state index is 0.819.